The maximum atomic E-state index is 11.6. The first-order chi connectivity index (χ1) is 30.1. The van der Waals surface area contributed by atoms with E-state index in [1.807, 2.05) is 0 Å². The third-order valence-electron chi connectivity index (χ3n) is 12.3. The van der Waals surface area contributed by atoms with Crippen molar-refractivity contribution in [2.45, 2.75) is 205 Å². The number of aliphatic hydroxyl groups is 17. The molecule has 30 atom stereocenters. The molecule has 0 radical (unpaired) electrons. The molecule has 0 bridgehead atoms. The van der Waals surface area contributed by atoms with Crippen molar-refractivity contribution in [1.82, 2.24) is 0 Å². The minimum Gasteiger partial charge on any atom is -0.394 e. The fourth-order valence-electron chi connectivity index (χ4n) is 8.31. The summed E-state index contributed by atoms with van der Waals surface area (Å²) in [5.41, 5.74) is 0. The zero-order valence-corrected chi connectivity index (χ0v) is 34.5. The summed E-state index contributed by atoms with van der Waals surface area (Å²) in [6.07, 6.45) is -53.0. The van der Waals surface area contributed by atoms with Crippen molar-refractivity contribution in [3.8, 4) is 0 Å². The van der Waals surface area contributed by atoms with Crippen molar-refractivity contribution in [3.05, 3.63) is 0 Å². The van der Waals surface area contributed by atoms with Crippen LogP contribution in [-0.2, 0) is 52.1 Å². The number of hydrogen-bond acceptors (Lipinski definition) is 28. The normalized spacial score (nSPS) is 55.3. The fraction of sp³-hybridized carbons (Fsp3) is 1.00. The van der Waals surface area contributed by atoms with Crippen LogP contribution in [0.4, 0.5) is 0 Å². The number of hydrogen-bond donors (Lipinski definition) is 17. The highest BCUT2D eigenvalue weighted by Gasteiger charge is 2.57. The van der Waals surface area contributed by atoms with Gasteiger partial charge in [-0.25, -0.2) is 0 Å². The molecule has 64 heavy (non-hydrogen) atoms. The molecular formula is C36H62O28. The standard InChI is InChI=1S/C36H62O28/c1-7-13(40)18(45)21(48)32(54-7)61-27-15(42)9(3)55-34(24(27)51)64-30-19(46)14(41)8(2)56-36(30)63-29-17(44)11(5-38)58-35(25(29)52)60-26-12(6-39)59-33(22(49)20(26)47)62-28-16(43)10(4-37)57-31(53)23(28)50/h7-53H,4-6H2,1-3H3/t7-,8-,9-,10+,11+,12+,13-,14-,15-,16-,17+,18+,19+,20+,21+,22+,23+,24+,25-,26-,27+,28-,29-,30+,31+,32-,33+,34-,35-,36-/m0/s1. The van der Waals surface area contributed by atoms with Crippen molar-refractivity contribution in [3.63, 3.8) is 0 Å². The van der Waals surface area contributed by atoms with Gasteiger partial charge in [-0.1, -0.05) is 0 Å². The zero-order chi connectivity index (χ0) is 47.2. The summed E-state index contributed by atoms with van der Waals surface area (Å²) < 4.78 is 61.7. The topological polar surface area (TPSA) is 445 Å². The molecule has 6 aliphatic rings. The predicted octanol–water partition coefficient (Wildman–Crippen LogP) is -11.0. The molecule has 28 nitrogen and oxygen atoms in total. The Labute approximate surface area is 363 Å². The van der Waals surface area contributed by atoms with Crippen LogP contribution < -0.4 is 0 Å². The van der Waals surface area contributed by atoms with E-state index in [-0.39, 0.29) is 0 Å². The Morgan fingerprint density at radius 2 is 0.625 bits per heavy atom. The second-order valence-corrected chi connectivity index (χ2v) is 16.7. The van der Waals surface area contributed by atoms with E-state index in [0.717, 1.165) is 0 Å². The Balaban J connectivity index is 1.17. The van der Waals surface area contributed by atoms with Gasteiger partial charge in [0.2, 0.25) is 0 Å². The molecule has 0 saturated carbocycles. The molecular weight excluding hydrogens is 880 g/mol. The molecule has 6 aliphatic heterocycles. The molecule has 6 saturated heterocycles. The SMILES string of the molecule is C[C@@H]1O[C@@H](O[C@@H]2[C@@H](O)[C@H](C)O[C@@H](O[C@H]3[C@H](O[C@@H]4[C@H](O)[C@H](O[C@@H]5[C@H](O)[C@@H](O)[C@@H](O[C@@H]6[C@@H](O)[C@H](O)O[C@H](CO)[C@@H]6O)O[C@@H]5CO)O[C@H](CO)[C@H]4O)O[C@@H](C)[C@H](O)[C@H]3O)[C@@H]2O)[C@H](O)[C@H](O)[C@H]1O. The number of rotatable bonds is 13. The van der Waals surface area contributed by atoms with Crippen molar-refractivity contribution in [2.24, 2.45) is 0 Å². The van der Waals surface area contributed by atoms with E-state index in [0.29, 0.717) is 0 Å². The minimum atomic E-state index is -2.13. The molecule has 0 spiro atoms. The van der Waals surface area contributed by atoms with Crippen molar-refractivity contribution in [1.29, 1.82) is 0 Å². The van der Waals surface area contributed by atoms with E-state index < -0.39 is 204 Å². The highest BCUT2D eigenvalue weighted by molar-refractivity contribution is 4.99. The van der Waals surface area contributed by atoms with Gasteiger partial charge in [-0.2, -0.15) is 0 Å². The molecule has 28 heteroatoms. The van der Waals surface area contributed by atoms with Crippen molar-refractivity contribution in [2.75, 3.05) is 19.8 Å². The molecule has 6 rings (SSSR count). The first-order valence-electron chi connectivity index (χ1n) is 20.7. The highest BCUT2D eigenvalue weighted by Crippen LogP contribution is 2.37. The van der Waals surface area contributed by atoms with Crippen LogP contribution in [0.15, 0.2) is 0 Å². The molecule has 374 valence electrons. The maximum Gasteiger partial charge on any atom is 0.187 e. The van der Waals surface area contributed by atoms with Crippen LogP contribution in [-0.4, -0.2) is 291 Å². The summed E-state index contributed by atoms with van der Waals surface area (Å²) in [7, 11) is 0. The lowest BCUT2D eigenvalue weighted by Gasteiger charge is -2.50. The first-order valence-corrected chi connectivity index (χ1v) is 20.7. The van der Waals surface area contributed by atoms with Crippen LogP contribution in [0.25, 0.3) is 0 Å². The molecule has 0 aromatic carbocycles. The minimum absolute atomic E-state index is 0.821. The molecule has 6 heterocycles. The first kappa shape index (κ1) is 52.3. The van der Waals surface area contributed by atoms with E-state index in [1.165, 1.54) is 20.8 Å². The Bertz CT molecular complexity index is 1450. The van der Waals surface area contributed by atoms with Gasteiger partial charge in [0.05, 0.1) is 38.1 Å². The Kier molecular flexibility index (Phi) is 17.7. The third-order valence-corrected chi connectivity index (χ3v) is 12.3. The summed E-state index contributed by atoms with van der Waals surface area (Å²) >= 11 is 0. The summed E-state index contributed by atoms with van der Waals surface area (Å²) in [6.45, 7) is 1.26. The van der Waals surface area contributed by atoms with Crippen LogP contribution in [0.1, 0.15) is 20.8 Å². The van der Waals surface area contributed by atoms with Gasteiger partial charge in [0.25, 0.3) is 0 Å². The van der Waals surface area contributed by atoms with Crippen LogP contribution in [0.3, 0.4) is 0 Å². The zero-order valence-electron chi connectivity index (χ0n) is 34.5. The summed E-state index contributed by atoms with van der Waals surface area (Å²) in [4.78, 5) is 0. The lowest BCUT2D eigenvalue weighted by molar-refractivity contribution is -0.401. The maximum absolute atomic E-state index is 11.6. The van der Waals surface area contributed by atoms with Crippen LogP contribution in [0, 0.1) is 0 Å². The average molecular weight is 943 g/mol. The number of ether oxygens (including phenoxy) is 11. The van der Waals surface area contributed by atoms with E-state index in [4.69, 9.17) is 52.1 Å². The van der Waals surface area contributed by atoms with Gasteiger partial charge in [-0.15, -0.1) is 0 Å². The van der Waals surface area contributed by atoms with Gasteiger partial charge in [0.1, 0.15) is 128 Å². The van der Waals surface area contributed by atoms with E-state index in [2.05, 4.69) is 0 Å². The smallest absolute Gasteiger partial charge is 0.187 e. The van der Waals surface area contributed by atoms with Crippen LogP contribution in [0.5, 0.6) is 0 Å². The molecule has 17 N–H and O–H groups in total. The van der Waals surface area contributed by atoms with E-state index >= 15 is 0 Å². The monoisotopic (exact) mass is 942 g/mol. The second-order valence-electron chi connectivity index (χ2n) is 16.7. The highest BCUT2D eigenvalue weighted by atomic mass is 16.8. The lowest BCUT2D eigenvalue weighted by Crippen LogP contribution is -2.68. The van der Waals surface area contributed by atoms with Gasteiger partial charge in [0, 0.05) is 0 Å². The average Bonchev–Trinajstić information content (AvgIpc) is 3.27. The van der Waals surface area contributed by atoms with Gasteiger partial charge in [0.15, 0.2) is 37.7 Å². The van der Waals surface area contributed by atoms with Gasteiger partial charge >= 0.3 is 0 Å². The lowest BCUT2D eigenvalue weighted by atomic mass is 9.95. The molecule has 0 aromatic rings. The fourth-order valence-corrected chi connectivity index (χ4v) is 8.31. The molecule has 6 fully saturated rings. The molecule has 0 aliphatic carbocycles. The van der Waals surface area contributed by atoms with Crippen molar-refractivity contribution >= 4 is 0 Å². The van der Waals surface area contributed by atoms with Gasteiger partial charge in [-0.3, -0.25) is 0 Å². The van der Waals surface area contributed by atoms with Crippen LogP contribution >= 0.6 is 0 Å². The second kappa shape index (κ2) is 21.7. The summed E-state index contributed by atoms with van der Waals surface area (Å²) in [6, 6.07) is 0. The van der Waals surface area contributed by atoms with E-state index in [1.54, 1.807) is 0 Å². The Morgan fingerprint density at radius 3 is 1.19 bits per heavy atom. The van der Waals surface area contributed by atoms with Gasteiger partial charge in [-0.05, 0) is 20.8 Å². The summed E-state index contributed by atoms with van der Waals surface area (Å²) in [5.74, 6) is 0. The molecule has 0 amide bonds. The molecule has 0 unspecified atom stereocenters. The Morgan fingerprint density at radius 1 is 0.281 bits per heavy atom. The summed E-state index contributed by atoms with van der Waals surface area (Å²) in [5, 5.41) is 181. The quantitative estimate of drug-likeness (QED) is 0.0815. The largest absolute Gasteiger partial charge is 0.394 e. The van der Waals surface area contributed by atoms with Crippen molar-refractivity contribution < 1.29 is 139 Å². The molecule has 0 aromatic heterocycles. The van der Waals surface area contributed by atoms with E-state index in [9.17, 15) is 86.8 Å². The van der Waals surface area contributed by atoms with Crippen LogP contribution in [0.2, 0.25) is 0 Å². The predicted molar refractivity (Wildman–Crippen MR) is 195 cm³/mol. The Hall–Kier alpha value is -1.12. The third kappa shape index (κ3) is 10.4. The number of aliphatic hydroxyl groups excluding tert-OH is 17. The van der Waals surface area contributed by atoms with Gasteiger partial charge < -0.3 is 139 Å².